The van der Waals surface area contributed by atoms with Gasteiger partial charge in [0.15, 0.2) is 0 Å². The molecule has 2 nitrogen and oxygen atoms in total. The first-order valence-corrected chi connectivity index (χ1v) is 7.60. The van der Waals surface area contributed by atoms with E-state index >= 15 is 0 Å². The second-order valence-corrected chi connectivity index (χ2v) is 5.54. The Balaban J connectivity index is 2.02. The van der Waals surface area contributed by atoms with Crippen LogP contribution in [0.15, 0.2) is 42.5 Å². The molecule has 0 aliphatic carbocycles. The summed E-state index contributed by atoms with van der Waals surface area (Å²) in [6, 6.07) is 15.3. The van der Waals surface area contributed by atoms with Gasteiger partial charge in [0.1, 0.15) is 12.4 Å². The topological polar surface area (TPSA) is 21.3 Å². The van der Waals surface area contributed by atoms with E-state index < -0.39 is 0 Å². The SMILES string of the molecule is CCC(NC)c1ccc(OCc2cc(C)ccc2C)cc1. The van der Waals surface area contributed by atoms with Crippen LogP contribution in [0.4, 0.5) is 0 Å². The number of benzene rings is 2. The van der Waals surface area contributed by atoms with E-state index in [1.165, 1.54) is 22.3 Å². The molecule has 0 fully saturated rings. The van der Waals surface area contributed by atoms with E-state index in [9.17, 15) is 0 Å². The summed E-state index contributed by atoms with van der Waals surface area (Å²) in [7, 11) is 2.00. The van der Waals surface area contributed by atoms with Crippen LogP contribution in [0.5, 0.6) is 5.75 Å². The highest BCUT2D eigenvalue weighted by atomic mass is 16.5. The van der Waals surface area contributed by atoms with Gasteiger partial charge in [-0.15, -0.1) is 0 Å². The Labute approximate surface area is 128 Å². The van der Waals surface area contributed by atoms with Crippen molar-refractivity contribution in [3.63, 3.8) is 0 Å². The molecule has 0 saturated heterocycles. The molecule has 0 aliphatic heterocycles. The lowest BCUT2D eigenvalue weighted by atomic mass is 10.0. The summed E-state index contributed by atoms with van der Waals surface area (Å²) < 4.78 is 5.91. The summed E-state index contributed by atoms with van der Waals surface area (Å²) >= 11 is 0. The Bertz CT molecular complexity index is 571. The van der Waals surface area contributed by atoms with Crippen LogP contribution in [0, 0.1) is 13.8 Å². The third-order valence-electron chi connectivity index (χ3n) is 3.94. The normalized spacial score (nSPS) is 12.2. The molecule has 0 heterocycles. The average Bonchev–Trinajstić information content (AvgIpc) is 2.51. The summed E-state index contributed by atoms with van der Waals surface area (Å²) in [4.78, 5) is 0. The molecule has 0 spiro atoms. The zero-order chi connectivity index (χ0) is 15.2. The van der Waals surface area contributed by atoms with Crippen molar-refractivity contribution in [2.75, 3.05) is 7.05 Å². The highest BCUT2D eigenvalue weighted by molar-refractivity contribution is 5.32. The Kier molecular flexibility index (Phi) is 5.40. The summed E-state index contributed by atoms with van der Waals surface area (Å²) in [6.07, 6.45) is 1.08. The highest BCUT2D eigenvalue weighted by Gasteiger charge is 2.06. The maximum Gasteiger partial charge on any atom is 0.119 e. The number of aryl methyl sites for hydroxylation is 2. The van der Waals surface area contributed by atoms with E-state index in [1.807, 2.05) is 7.05 Å². The van der Waals surface area contributed by atoms with E-state index in [0.717, 1.165) is 12.2 Å². The van der Waals surface area contributed by atoms with E-state index in [2.05, 4.69) is 68.6 Å². The van der Waals surface area contributed by atoms with Gasteiger partial charge in [-0.3, -0.25) is 0 Å². The molecule has 21 heavy (non-hydrogen) atoms. The summed E-state index contributed by atoms with van der Waals surface area (Å²) in [6.45, 7) is 7.04. The van der Waals surface area contributed by atoms with Crippen molar-refractivity contribution in [2.45, 2.75) is 39.8 Å². The fraction of sp³-hybridized carbons (Fsp3) is 0.368. The molecule has 1 unspecified atom stereocenters. The van der Waals surface area contributed by atoms with E-state index in [-0.39, 0.29) is 0 Å². The van der Waals surface area contributed by atoms with Gasteiger partial charge in [0.25, 0.3) is 0 Å². The maximum atomic E-state index is 5.91. The van der Waals surface area contributed by atoms with Gasteiger partial charge in [0, 0.05) is 6.04 Å². The third kappa shape index (κ3) is 4.08. The van der Waals surface area contributed by atoms with Crippen LogP contribution in [0.2, 0.25) is 0 Å². The minimum Gasteiger partial charge on any atom is -0.489 e. The first-order valence-electron chi connectivity index (χ1n) is 7.60. The molecule has 1 N–H and O–H groups in total. The predicted molar refractivity (Wildman–Crippen MR) is 88.8 cm³/mol. The van der Waals surface area contributed by atoms with Gasteiger partial charge in [-0.25, -0.2) is 0 Å². The van der Waals surface area contributed by atoms with Crippen molar-refractivity contribution in [3.05, 3.63) is 64.7 Å². The minimum atomic E-state index is 0.415. The van der Waals surface area contributed by atoms with Crippen LogP contribution in [0.1, 0.15) is 41.6 Å². The highest BCUT2D eigenvalue weighted by Crippen LogP contribution is 2.21. The van der Waals surface area contributed by atoms with Crippen molar-refractivity contribution in [1.82, 2.24) is 5.32 Å². The number of nitrogens with one attached hydrogen (secondary N) is 1. The van der Waals surface area contributed by atoms with Gasteiger partial charge in [0.2, 0.25) is 0 Å². The van der Waals surface area contributed by atoms with Crippen LogP contribution < -0.4 is 10.1 Å². The van der Waals surface area contributed by atoms with Gasteiger partial charge in [0.05, 0.1) is 0 Å². The van der Waals surface area contributed by atoms with Crippen molar-refractivity contribution in [2.24, 2.45) is 0 Å². The van der Waals surface area contributed by atoms with Crippen LogP contribution in [-0.4, -0.2) is 7.05 Å². The molecule has 2 rings (SSSR count). The summed E-state index contributed by atoms with van der Waals surface area (Å²) in [5, 5.41) is 3.32. The van der Waals surface area contributed by atoms with Gasteiger partial charge >= 0.3 is 0 Å². The third-order valence-corrected chi connectivity index (χ3v) is 3.94. The van der Waals surface area contributed by atoms with Crippen molar-refractivity contribution in [3.8, 4) is 5.75 Å². The largest absolute Gasteiger partial charge is 0.489 e. The number of ether oxygens (including phenoxy) is 1. The molecule has 2 aromatic carbocycles. The van der Waals surface area contributed by atoms with Crippen molar-refractivity contribution >= 4 is 0 Å². The molecule has 0 amide bonds. The quantitative estimate of drug-likeness (QED) is 0.839. The fourth-order valence-electron chi connectivity index (χ4n) is 2.52. The predicted octanol–water partition coefficient (Wildman–Crippen LogP) is 4.55. The Morgan fingerprint density at radius 2 is 1.76 bits per heavy atom. The lowest BCUT2D eigenvalue weighted by molar-refractivity contribution is 0.305. The standard InChI is InChI=1S/C19H25NO/c1-5-19(20-4)16-8-10-18(11-9-16)21-13-17-12-14(2)6-7-15(17)3/h6-12,19-20H,5,13H2,1-4H3. The molecule has 0 saturated carbocycles. The molecule has 2 aromatic rings. The van der Waals surface area contributed by atoms with E-state index in [1.54, 1.807) is 0 Å². The summed E-state index contributed by atoms with van der Waals surface area (Å²) in [5.41, 5.74) is 5.10. The van der Waals surface area contributed by atoms with Crippen molar-refractivity contribution in [1.29, 1.82) is 0 Å². The molecule has 0 aromatic heterocycles. The lowest BCUT2D eigenvalue weighted by Gasteiger charge is -2.15. The van der Waals surface area contributed by atoms with Gasteiger partial charge in [-0.05, 0) is 56.1 Å². The average molecular weight is 283 g/mol. The molecular formula is C19H25NO. The summed E-state index contributed by atoms with van der Waals surface area (Å²) in [5.74, 6) is 0.922. The lowest BCUT2D eigenvalue weighted by Crippen LogP contribution is -2.14. The number of hydrogen-bond donors (Lipinski definition) is 1. The Hall–Kier alpha value is -1.80. The van der Waals surface area contributed by atoms with Crippen molar-refractivity contribution < 1.29 is 4.74 Å². The van der Waals surface area contributed by atoms with Crippen LogP contribution in [0.3, 0.4) is 0 Å². The number of rotatable bonds is 6. The zero-order valence-electron chi connectivity index (χ0n) is 13.4. The first-order chi connectivity index (χ1) is 10.1. The molecule has 0 bridgehead atoms. The first kappa shape index (κ1) is 15.6. The van der Waals surface area contributed by atoms with Gasteiger partial charge in [-0.1, -0.05) is 42.8 Å². The molecule has 1 atom stereocenters. The Morgan fingerprint density at radius 3 is 2.38 bits per heavy atom. The van der Waals surface area contributed by atoms with Gasteiger partial charge < -0.3 is 10.1 Å². The zero-order valence-corrected chi connectivity index (χ0v) is 13.4. The van der Waals surface area contributed by atoms with E-state index in [0.29, 0.717) is 12.6 Å². The second-order valence-electron chi connectivity index (χ2n) is 5.54. The van der Waals surface area contributed by atoms with Gasteiger partial charge in [-0.2, -0.15) is 0 Å². The molecular weight excluding hydrogens is 258 g/mol. The maximum absolute atomic E-state index is 5.91. The monoisotopic (exact) mass is 283 g/mol. The molecule has 112 valence electrons. The van der Waals surface area contributed by atoms with Crippen LogP contribution >= 0.6 is 0 Å². The number of hydrogen-bond acceptors (Lipinski definition) is 2. The second kappa shape index (κ2) is 7.28. The van der Waals surface area contributed by atoms with E-state index in [4.69, 9.17) is 4.74 Å². The Morgan fingerprint density at radius 1 is 1.05 bits per heavy atom. The van der Waals surface area contributed by atoms with Crippen LogP contribution in [0.25, 0.3) is 0 Å². The fourth-order valence-corrected chi connectivity index (χ4v) is 2.52. The molecule has 0 aliphatic rings. The van der Waals surface area contributed by atoms with Crippen LogP contribution in [-0.2, 0) is 6.61 Å². The minimum absolute atomic E-state index is 0.415. The smallest absolute Gasteiger partial charge is 0.119 e. The molecule has 0 radical (unpaired) electrons. The molecule has 2 heteroatoms.